The lowest BCUT2D eigenvalue weighted by Gasteiger charge is -2.13. The van der Waals surface area contributed by atoms with Gasteiger partial charge in [0.2, 0.25) is 12.2 Å². The second-order valence-electron chi connectivity index (χ2n) is 7.27. The Kier molecular flexibility index (Phi) is 18.3. The Balaban J connectivity index is 4.17. The maximum absolute atomic E-state index is 12.5. The Morgan fingerprint density at radius 2 is 1.30 bits per heavy atom. The van der Waals surface area contributed by atoms with E-state index in [0.29, 0.717) is 25.8 Å². The lowest BCUT2D eigenvalue weighted by Crippen LogP contribution is -2.26. The SMILES string of the molecule is COC(=O)CCCCCCCCC(=O)C(CCCCCCN=C=O)C(=O)CN=C=O. The van der Waals surface area contributed by atoms with Crippen molar-refractivity contribution in [2.75, 3.05) is 20.2 Å². The molecular weight excluding hydrogens is 388 g/mol. The molecule has 30 heavy (non-hydrogen) atoms. The molecule has 8 heteroatoms. The van der Waals surface area contributed by atoms with Crippen molar-refractivity contribution in [2.45, 2.75) is 83.5 Å². The van der Waals surface area contributed by atoms with Crippen molar-refractivity contribution in [1.82, 2.24) is 0 Å². The number of methoxy groups -OCH3 is 1. The predicted molar refractivity (Wildman–Crippen MR) is 112 cm³/mol. The van der Waals surface area contributed by atoms with Gasteiger partial charge in [0.1, 0.15) is 12.3 Å². The van der Waals surface area contributed by atoms with Crippen LogP contribution in [0.3, 0.4) is 0 Å². The highest BCUT2D eigenvalue weighted by molar-refractivity contribution is 6.03. The molecule has 0 spiro atoms. The number of isocyanates is 2. The van der Waals surface area contributed by atoms with Gasteiger partial charge in [0.05, 0.1) is 19.6 Å². The molecule has 1 unspecified atom stereocenters. The summed E-state index contributed by atoms with van der Waals surface area (Å²) in [5, 5.41) is 0. The average Bonchev–Trinajstić information content (AvgIpc) is 2.75. The van der Waals surface area contributed by atoms with Gasteiger partial charge >= 0.3 is 5.97 Å². The Morgan fingerprint density at radius 1 is 0.733 bits per heavy atom. The van der Waals surface area contributed by atoms with Gasteiger partial charge < -0.3 is 4.74 Å². The number of rotatable bonds is 20. The van der Waals surface area contributed by atoms with Crippen LogP contribution in [0.15, 0.2) is 9.98 Å². The maximum Gasteiger partial charge on any atom is 0.305 e. The number of ether oxygens (including phenoxy) is 1. The number of aliphatic imine (C=N–C) groups is 2. The minimum atomic E-state index is -0.713. The molecule has 0 aromatic heterocycles. The highest BCUT2D eigenvalue weighted by Crippen LogP contribution is 2.18. The molecule has 0 saturated heterocycles. The number of Topliss-reactive ketones (excluding diaryl/α,β-unsaturated/α-hetero) is 2. The summed E-state index contributed by atoms with van der Waals surface area (Å²) in [6, 6.07) is 0. The molecule has 0 rings (SSSR count). The molecule has 8 nitrogen and oxygen atoms in total. The van der Waals surface area contributed by atoms with E-state index in [4.69, 9.17) is 0 Å². The van der Waals surface area contributed by atoms with E-state index in [2.05, 4.69) is 14.7 Å². The molecule has 0 aliphatic rings. The van der Waals surface area contributed by atoms with Crippen LogP contribution >= 0.6 is 0 Å². The number of esters is 1. The number of hydrogen-bond donors (Lipinski definition) is 0. The average molecular weight is 423 g/mol. The van der Waals surface area contributed by atoms with Crippen molar-refractivity contribution in [2.24, 2.45) is 15.9 Å². The summed E-state index contributed by atoms with van der Waals surface area (Å²) in [4.78, 5) is 62.9. The molecule has 0 bridgehead atoms. The summed E-state index contributed by atoms with van der Waals surface area (Å²) in [7, 11) is 1.38. The smallest absolute Gasteiger partial charge is 0.305 e. The first kappa shape index (κ1) is 27.6. The van der Waals surface area contributed by atoms with Gasteiger partial charge in [-0.3, -0.25) is 14.4 Å². The molecule has 0 aliphatic heterocycles. The zero-order valence-electron chi connectivity index (χ0n) is 18.0. The second kappa shape index (κ2) is 19.9. The molecule has 0 heterocycles. The highest BCUT2D eigenvalue weighted by Gasteiger charge is 2.25. The first-order chi connectivity index (χ1) is 14.6. The monoisotopic (exact) mass is 422 g/mol. The Labute approximate surface area is 178 Å². The predicted octanol–water partition coefficient (Wildman–Crippen LogP) is 3.66. The van der Waals surface area contributed by atoms with E-state index < -0.39 is 5.92 Å². The third-order valence-electron chi connectivity index (χ3n) is 4.94. The molecule has 0 radical (unpaired) electrons. The summed E-state index contributed by atoms with van der Waals surface area (Å²) in [6.45, 7) is 0.148. The van der Waals surface area contributed by atoms with Gasteiger partial charge in [-0.1, -0.05) is 44.9 Å². The fraction of sp³-hybridized carbons (Fsp3) is 0.773. The van der Waals surface area contributed by atoms with E-state index in [9.17, 15) is 24.0 Å². The van der Waals surface area contributed by atoms with Gasteiger partial charge in [0.15, 0.2) is 5.78 Å². The highest BCUT2D eigenvalue weighted by atomic mass is 16.5. The molecule has 168 valence electrons. The van der Waals surface area contributed by atoms with E-state index >= 15 is 0 Å². The van der Waals surface area contributed by atoms with Crippen LogP contribution in [-0.2, 0) is 28.7 Å². The zero-order valence-corrected chi connectivity index (χ0v) is 18.0. The molecule has 0 fully saturated rings. The van der Waals surface area contributed by atoms with Crippen molar-refractivity contribution in [3.8, 4) is 0 Å². The van der Waals surface area contributed by atoms with Crippen LogP contribution in [0.4, 0.5) is 0 Å². The van der Waals surface area contributed by atoms with Gasteiger partial charge in [-0.05, 0) is 25.7 Å². The van der Waals surface area contributed by atoms with E-state index in [1.165, 1.54) is 19.3 Å². The quantitative estimate of drug-likeness (QED) is 0.0971. The number of hydrogen-bond acceptors (Lipinski definition) is 8. The normalized spacial score (nSPS) is 11.1. The Morgan fingerprint density at radius 3 is 1.93 bits per heavy atom. The van der Waals surface area contributed by atoms with Crippen LogP contribution < -0.4 is 0 Å². The molecule has 0 aromatic carbocycles. The van der Waals surface area contributed by atoms with Crippen LogP contribution in [0.5, 0.6) is 0 Å². The largest absolute Gasteiger partial charge is 0.469 e. The van der Waals surface area contributed by atoms with Gasteiger partial charge in [-0.15, -0.1) is 0 Å². The van der Waals surface area contributed by atoms with Crippen molar-refractivity contribution >= 4 is 29.7 Å². The lowest BCUT2D eigenvalue weighted by molar-refractivity contribution is -0.140. The molecule has 1 atom stereocenters. The van der Waals surface area contributed by atoms with Crippen LogP contribution in [0.25, 0.3) is 0 Å². The number of unbranched alkanes of at least 4 members (excludes halogenated alkanes) is 8. The van der Waals surface area contributed by atoms with Crippen LogP contribution in [0.1, 0.15) is 83.5 Å². The minimum absolute atomic E-state index is 0.0858. The Hall–Kier alpha value is -2.43. The maximum atomic E-state index is 12.5. The van der Waals surface area contributed by atoms with Crippen LogP contribution in [-0.4, -0.2) is 49.9 Å². The van der Waals surface area contributed by atoms with E-state index in [1.807, 2.05) is 0 Å². The lowest BCUT2D eigenvalue weighted by atomic mass is 9.89. The molecule has 0 N–H and O–H groups in total. The first-order valence-electron chi connectivity index (χ1n) is 10.8. The summed E-state index contributed by atoms with van der Waals surface area (Å²) in [5.74, 6) is -1.31. The summed E-state index contributed by atoms with van der Waals surface area (Å²) >= 11 is 0. The summed E-state index contributed by atoms with van der Waals surface area (Å²) in [6.07, 6.45) is 12.6. The summed E-state index contributed by atoms with van der Waals surface area (Å²) in [5.41, 5.74) is 0. The number of nitrogens with zero attached hydrogens (tertiary/aromatic N) is 2. The fourth-order valence-electron chi connectivity index (χ4n) is 3.21. The number of carbonyl (C=O) groups is 3. The molecule has 0 aromatic rings. The third kappa shape index (κ3) is 15.5. The van der Waals surface area contributed by atoms with Crippen molar-refractivity contribution < 1.29 is 28.7 Å². The van der Waals surface area contributed by atoms with Gasteiger partial charge in [0.25, 0.3) is 0 Å². The number of carbonyl (C=O) groups excluding carboxylic acids is 5. The van der Waals surface area contributed by atoms with Gasteiger partial charge in [-0.25, -0.2) is 14.6 Å². The minimum Gasteiger partial charge on any atom is -0.469 e. The fourth-order valence-corrected chi connectivity index (χ4v) is 3.21. The van der Waals surface area contributed by atoms with E-state index in [1.54, 1.807) is 0 Å². The van der Waals surface area contributed by atoms with Gasteiger partial charge in [-0.2, -0.15) is 4.99 Å². The standard InChI is InChI=1S/C22H34N2O6/c1-30-22(29)14-10-5-3-2-4-9-13-20(27)19(21(28)16-24-18-26)12-8-6-7-11-15-23-17-25/h19H,2-16H2,1H3. The van der Waals surface area contributed by atoms with Crippen molar-refractivity contribution in [3.05, 3.63) is 0 Å². The topological polar surface area (TPSA) is 119 Å². The Bertz CT molecular complexity index is 607. The third-order valence-corrected chi connectivity index (χ3v) is 4.94. The van der Waals surface area contributed by atoms with E-state index in [-0.39, 0.29) is 24.1 Å². The van der Waals surface area contributed by atoms with E-state index in [0.717, 1.165) is 64.2 Å². The van der Waals surface area contributed by atoms with Crippen LogP contribution in [0.2, 0.25) is 0 Å². The molecule has 0 aliphatic carbocycles. The molecule has 0 amide bonds. The van der Waals surface area contributed by atoms with Gasteiger partial charge in [0, 0.05) is 12.8 Å². The second-order valence-corrected chi connectivity index (χ2v) is 7.27. The van der Waals surface area contributed by atoms with Crippen molar-refractivity contribution in [1.29, 1.82) is 0 Å². The molecule has 0 saturated carbocycles. The van der Waals surface area contributed by atoms with Crippen molar-refractivity contribution in [3.63, 3.8) is 0 Å². The molecular formula is C22H34N2O6. The first-order valence-corrected chi connectivity index (χ1v) is 10.8. The summed E-state index contributed by atoms with van der Waals surface area (Å²) < 4.78 is 4.59. The number of ketones is 2. The van der Waals surface area contributed by atoms with Crippen LogP contribution in [0, 0.1) is 5.92 Å². The zero-order chi connectivity index (χ0) is 22.5.